The molecule has 0 spiro atoms. The number of nitrogens with one attached hydrogen (secondary N) is 1. The zero-order valence-electron chi connectivity index (χ0n) is 14.1. The molecule has 0 saturated carbocycles. The van der Waals surface area contributed by atoms with Crippen molar-refractivity contribution >= 4 is 43.4 Å². The predicted molar refractivity (Wildman–Crippen MR) is 94.3 cm³/mol. The Morgan fingerprint density at radius 1 is 1.28 bits per heavy atom. The smallest absolute Gasteiger partial charge is 0.349 e. The molecule has 0 saturated heterocycles. The second-order valence-electron chi connectivity index (χ2n) is 5.20. The molecule has 0 aliphatic rings. The first-order valence-electron chi connectivity index (χ1n) is 7.57. The Hall–Kier alpha value is -1.97. The lowest BCUT2D eigenvalue weighted by atomic mass is 10.2. The summed E-state index contributed by atoms with van der Waals surface area (Å²) in [5, 5.41) is 0.444. The van der Waals surface area contributed by atoms with E-state index in [1.165, 1.54) is 7.11 Å². The highest BCUT2D eigenvalue weighted by atomic mass is 32.2. The Morgan fingerprint density at radius 3 is 2.64 bits per heavy atom. The van der Waals surface area contributed by atoms with Crippen molar-refractivity contribution in [2.24, 2.45) is 0 Å². The molecule has 9 heteroatoms. The quantitative estimate of drug-likeness (QED) is 0.734. The van der Waals surface area contributed by atoms with Crippen molar-refractivity contribution in [1.82, 2.24) is 4.72 Å². The summed E-state index contributed by atoms with van der Waals surface area (Å²) >= 11 is 1.06. The maximum absolute atomic E-state index is 12.7. The van der Waals surface area contributed by atoms with Gasteiger partial charge in [-0.25, -0.2) is 17.9 Å². The molecule has 1 N–H and O–H groups in total. The number of esters is 2. The first-order chi connectivity index (χ1) is 11.8. The number of ether oxygens (including phenoxy) is 2. The van der Waals surface area contributed by atoms with E-state index in [2.05, 4.69) is 4.72 Å². The first-order valence-corrected chi connectivity index (χ1v) is 9.87. The molecule has 0 aliphatic carbocycles. The zero-order chi connectivity index (χ0) is 18.6. The Kier molecular flexibility index (Phi) is 6.15. The van der Waals surface area contributed by atoms with E-state index in [1.807, 2.05) is 13.0 Å². The van der Waals surface area contributed by atoms with Crippen LogP contribution in [0.5, 0.6) is 0 Å². The van der Waals surface area contributed by atoms with Gasteiger partial charge < -0.3 is 9.47 Å². The minimum atomic E-state index is -4.00. The van der Waals surface area contributed by atoms with Crippen LogP contribution < -0.4 is 4.72 Å². The maximum Gasteiger partial charge on any atom is 0.349 e. The molecule has 136 valence electrons. The lowest BCUT2D eigenvalue weighted by molar-refractivity contribution is -0.142. The second-order valence-corrected chi connectivity index (χ2v) is 7.96. The molecule has 0 atom stereocenters. The largest absolute Gasteiger partial charge is 0.466 e. The average molecular weight is 385 g/mol. The van der Waals surface area contributed by atoms with Crippen molar-refractivity contribution < 1.29 is 27.5 Å². The van der Waals surface area contributed by atoms with E-state index in [9.17, 15) is 18.0 Å². The molecule has 0 fully saturated rings. The lowest BCUT2D eigenvalue weighted by Gasteiger charge is -2.08. The first kappa shape index (κ1) is 19.4. The van der Waals surface area contributed by atoms with Crippen LogP contribution in [0.2, 0.25) is 0 Å². The third-order valence-electron chi connectivity index (χ3n) is 3.37. The summed E-state index contributed by atoms with van der Waals surface area (Å²) in [6, 6.07) is 5.24. The fraction of sp³-hybridized carbons (Fsp3) is 0.375. The molecule has 7 nitrogen and oxygen atoms in total. The van der Waals surface area contributed by atoms with Crippen LogP contribution in [-0.4, -0.2) is 40.6 Å². The van der Waals surface area contributed by atoms with Gasteiger partial charge in [-0.15, -0.1) is 11.3 Å². The second kappa shape index (κ2) is 7.94. The lowest BCUT2D eigenvalue weighted by Crippen LogP contribution is -2.27. The molecule has 1 heterocycles. The van der Waals surface area contributed by atoms with Crippen LogP contribution in [0.1, 0.15) is 28.6 Å². The van der Waals surface area contributed by atoms with Gasteiger partial charge in [-0.1, -0.05) is 12.1 Å². The number of rotatable bonds is 7. The van der Waals surface area contributed by atoms with Crippen LogP contribution in [0.25, 0.3) is 10.1 Å². The van der Waals surface area contributed by atoms with Crippen LogP contribution in [0.15, 0.2) is 23.1 Å². The van der Waals surface area contributed by atoms with E-state index in [-0.39, 0.29) is 29.3 Å². The van der Waals surface area contributed by atoms with E-state index >= 15 is 0 Å². The van der Waals surface area contributed by atoms with Crippen molar-refractivity contribution in [1.29, 1.82) is 0 Å². The molecule has 0 bridgehead atoms. The minimum Gasteiger partial charge on any atom is -0.466 e. The summed E-state index contributed by atoms with van der Waals surface area (Å²) < 4.78 is 37.9. The SMILES string of the molecule is CCOC(=O)CCNS(=O)(=O)c1c(C(=O)OC)sc2cc(C)ccc12. The topological polar surface area (TPSA) is 98.8 Å². The third-order valence-corrected chi connectivity index (χ3v) is 6.17. The Balaban J connectivity index is 2.39. The summed E-state index contributed by atoms with van der Waals surface area (Å²) in [4.78, 5) is 23.3. The van der Waals surface area contributed by atoms with E-state index < -0.39 is 22.0 Å². The van der Waals surface area contributed by atoms with Gasteiger partial charge in [-0.3, -0.25) is 4.79 Å². The van der Waals surface area contributed by atoms with Crippen molar-refractivity contribution in [2.45, 2.75) is 25.2 Å². The van der Waals surface area contributed by atoms with Gasteiger partial charge in [0.05, 0.1) is 20.1 Å². The fourth-order valence-electron chi connectivity index (χ4n) is 2.27. The number of methoxy groups -OCH3 is 1. The number of hydrogen-bond donors (Lipinski definition) is 1. The van der Waals surface area contributed by atoms with E-state index in [1.54, 1.807) is 19.1 Å². The van der Waals surface area contributed by atoms with Crippen LogP contribution in [0, 0.1) is 6.92 Å². The molecule has 0 amide bonds. The van der Waals surface area contributed by atoms with Crippen LogP contribution in [0.3, 0.4) is 0 Å². The summed E-state index contributed by atoms with van der Waals surface area (Å²) in [5.74, 6) is -1.21. The molecule has 1 aromatic carbocycles. The van der Waals surface area contributed by atoms with E-state index in [0.29, 0.717) is 10.1 Å². The standard InChI is InChI=1S/C16H19NO6S2/c1-4-23-13(18)7-8-17-25(20,21)15-11-6-5-10(2)9-12(11)24-14(15)16(19)22-3/h5-6,9,17H,4,7-8H2,1-3H3. The number of carbonyl (C=O) groups is 2. The van der Waals surface area contributed by atoms with Gasteiger partial charge >= 0.3 is 11.9 Å². The third kappa shape index (κ3) is 4.36. The molecule has 25 heavy (non-hydrogen) atoms. The summed E-state index contributed by atoms with van der Waals surface area (Å²) in [5.41, 5.74) is 0.949. The number of sulfonamides is 1. The number of fused-ring (bicyclic) bond motifs is 1. The van der Waals surface area contributed by atoms with Gasteiger partial charge in [0.25, 0.3) is 0 Å². The Morgan fingerprint density at radius 2 is 2.00 bits per heavy atom. The molecule has 2 rings (SSSR count). The summed E-state index contributed by atoms with van der Waals surface area (Å²) in [7, 11) is -2.80. The van der Waals surface area contributed by atoms with Crippen LogP contribution in [-0.2, 0) is 24.3 Å². The van der Waals surface area contributed by atoms with Crippen molar-refractivity contribution in [3.05, 3.63) is 28.6 Å². The number of hydrogen-bond acceptors (Lipinski definition) is 7. The number of carbonyl (C=O) groups excluding carboxylic acids is 2. The van der Waals surface area contributed by atoms with Gasteiger partial charge in [-0.2, -0.15) is 0 Å². The van der Waals surface area contributed by atoms with Gasteiger partial charge in [-0.05, 0) is 25.5 Å². The number of benzene rings is 1. The number of aryl methyl sites for hydroxylation is 1. The molecule has 2 aromatic rings. The highest BCUT2D eigenvalue weighted by molar-refractivity contribution is 7.90. The van der Waals surface area contributed by atoms with Gasteiger partial charge in [0.2, 0.25) is 10.0 Å². The fourth-order valence-corrected chi connectivity index (χ4v) is 5.21. The van der Waals surface area contributed by atoms with E-state index in [0.717, 1.165) is 16.9 Å². The maximum atomic E-state index is 12.7. The molecule has 0 radical (unpaired) electrons. The Bertz CT molecular complexity index is 901. The van der Waals surface area contributed by atoms with Gasteiger partial charge in [0.1, 0.15) is 9.77 Å². The van der Waals surface area contributed by atoms with Crippen molar-refractivity contribution in [3.8, 4) is 0 Å². The van der Waals surface area contributed by atoms with Crippen LogP contribution in [0.4, 0.5) is 0 Å². The highest BCUT2D eigenvalue weighted by Crippen LogP contribution is 2.35. The molecule has 0 unspecified atom stereocenters. The monoisotopic (exact) mass is 385 g/mol. The minimum absolute atomic E-state index is 0.00624. The normalized spacial score (nSPS) is 11.5. The van der Waals surface area contributed by atoms with Crippen LogP contribution >= 0.6 is 11.3 Å². The summed E-state index contributed by atoms with van der Waals surface area (Å²) in [6.45, 7) is 3.66. The highest BCUT2D eigenvalue weighted by Gasteiger charge is 2.28. The summed E-state index contributed by atoms with van der Waals surface area (Å²) in [6.07, 6.45) is -0.0954. The van der Waals surface area contributed by atoms with E-state index in [4.69, 9.17) is 9.47 Å². The zero-order valence-corrected chi connectivity index (χ0v) is 15.8. The van der Waals surface area contributed by atoms with Crippen molar-refractivity contribution in [2.75, 3.05) is 20.3 Å². The number of thiophene rings is 1. The predicted octanol–water partition coefficient (Wildman–Crippen LogP) is 2.23. The molecular formula is C16H19NO6S2. The molecule has 0 aliphatic heterocycles. The molecular weight excluding hydrogens is 366 g/mol. The molecule has 1 aromatic heterocycles. The average Bonchev–Trinajstić information content (AvgIpc) is 2.93. The van der Waals surface area contributed by atoms with Crippen molar-refractivity contribution in [3.63, 3.8) is 0 Å². The Labute approximate surface area is 150 Å². The van der Waals surface area contributed by atoms with Gasteiger partial charge in [0.15, 0.2) is 0 Å². The van der Waals surface area contributed by atoms with Gasteiger partial charge in [0, 0.05) is 16.6 Å².